The molecule has 1 fully saturated rings. The van der Waals surface area contributed by atoms with Crippen LogP contribution in [0.4, 0.5) is 5.69 Å². The molecule has 1 aromatic rings. The van der Waals surface area contributed by atoms with E-state index in [9.17, 15) is 9.59 Å². The van der Waals surface area contributed by atoms with Gasteiger partial charge in [0, 0.05) is 10.2 Å². The summed E-state index contributed by atoms with van der Waals surface area (Å²) in [5.74, 6) is -1.34. The molecule has 0 aliphatic carbocycles. The van der Waals surface area contributed by atoms with Crippen molar-refractivity contribution in [1.29, 1.82) is 0 Å². The molecule has 1 saturated heterocycles. The molecule has 1 heterocycles. The third-order valence-electron chi connectivity index (χ3n) is 2.69. The monoisotopic (exact) mass is 361 g/mol. The largest absolute Gasteiger partial charge is 0.478 e. The molecule has 1 aliphatic heterocycles. The van der Waals surface area contributed by atoms with Gasteiger partial charge in [0.25, 0.3) is 5.91 Å². The van der Waals surface area contributed by atoms with Crippen molar-refractivity contribution in [2.45, 2.75) is 18.9 Å². The number of anilines is 1. The van der Waals surface area contributed by atoms with Crippen LogP contribution < -0.4 is 5.32 Å². The van der Waals surface area contributed by atoms with Crippen molar-refractivity contribution >= 4 is 40.2 Å². The van der Waals surface area contributed by atoms with Crippen LogP contribution in [-0.2, 0) is 9.53 Å². The van der Waals surface area contributed by atoms with Crippen LogP contribution in [0.1, 0.15) is 23.2 Å². The summed E-state index contributed by atoms with van der Waals surface area (Å²) in [6, 6.07) is 4.87. The number of halogens is 1. The Morgan fingerprint density at radius 3 is 2.83 bits per heavy atom. The molecule has 2 N–H and O–H groups in total. The van der Waals surface area contributed by atoms with E-state index < -0.39 is 12.1 Å². The van der Waals surface area contributed by atoms with Crippen LogP contribution in [-0.4, -0.2) is 29.7 Å². The van der Waals surface area contributed by atoms with E-state index in [4.69, 9.17) is 9.84 Å². The first kappa shape index (κ1) is 13.3. The van der Waals surface area contributed by atoms with Crippen LogP contribution >= 0.6 is 22.6 Å². The molecular formula is C12H12INO4. The molecular weight excluding hydrogens is 349 g/mol. The first-order valence-electron chi connectivity index (χ1n) is 5.53. The van der Waals surface area contributed by atoms with Crippen molar-refractivity contribution in [2.75, 3.05) is 11.9 Å². The lowest BCUT2D eigenvalue weighted by Crippen LogP contribution is -2.27. The predicted molar refractivity (Wildman–Crippen MR) is 73.7 cm³/mol. The number of hydrogen-bond acceptors (Lipinski definition) is 3. The van der Waals surface area contributed by atoms with Crippen molar-refractivity contribution in [2.24, 2.45) is 0 Å². The highest BCUT2D eigenvalue weighted by molar-refractivity contribution is 14.1. The minimum Gasteiger partial charge on any atom is -0.478 e. The van der Waals surface area contributed by atoms with E-state index in [-0.39, 0.29) is 11.5 Å². The van der Waals surface area contributed by atoms with E-state index in [0.717, 1.165) is 9.99 Å². The Morgan fingerprint density at radius 2 is 2.22 bits per heavy atom. The highest BCUT2D eigenvalue weighted by Gasteiger charge is 2.24. The van der Waals surface area contributed by atoms with Crippen molar-refractivity contribution in [3.63, 3.8) is 0 Å². The molecule has 1 aromatic carbocycles. The highest BCUT2D eigenvalue weighted by atomic mass is 127. The van der Waals surface area contributed by atoms with Crippen molar-refractivity contribution in [3.05, 3.63) is 27.3 Å². The lowest BCUT2D eigenvalue weighted by molar-refractivity contribution is -0.124. The van der Waals surface area contributed by atoms with Gasteiger partial charge in [0.15, 0.2) is 0 Å². The van der Waals surface area contributed by atoms with Gasteiger partial charge >= 0.3 is 5.97 Å². The van der Waals surface area contributed by atoms with Gasteiger partial charge in [0.05, 0.1) is 11.3 Å². The Labute approximate surface area is 118 Å². The fraction of sp³-hybridized carbons (Fsp3) is 0.333. The summed E-state index contributed by atoms with van der Waals surface area (Å²) in [7, 11) is 0. The van der Waals surface area contributed by atoms with E-state index >= 15 is 0 Å². The maximum atomic E-state index is 11.8. The van der Waals surface area contributed by atoms with Gasteiger partial charge in [-0.15, -0.1) is 0 Å². The van der Waals surface area contributed by atoms with Gasteiger partial charge in [0.2, 0.25) is 0 Å². The average Bonchev–Trinajstić information content (AvgIpc) is 2.84. The molecule has 0 aromatic heterocycles. The minimum atomic E-state index is -1.06. The van der Waals surface area contributed by atoms with Crippen molar-refractivity contribution in [1.82, 2.24) is 0 Å². The molecule has 0 radical (unpaired) electrons. The summed E-state index contributed by atoms with van der Waals surface area (Å²) in [5, 5.41) is 11.7. The van der Waals surface area contributed by atoms with Gasteiger partial charge in [0.1, 0.15) is 6.10 Å². The van der Waals surface area contributed by atoms with Gasteiger partial charge < -0.3 is 15.2 Å². The summed E-state index contributed by atoms with van der Waals surface area (Å²) >= 11 is 2.03. The number of rotatable bonds is 3. The molecule has 0 spiro atoms. The predicted octanol–water partition coefficient (Wildman–Crippen LogP) is 2.11. The molecule has 1 aliphatic rings. The minimum absolute atomic E-state index is 0.0910. The molecule has 2 rings (SSSR count). The van der Waals surface area contributed by atoms with Gasteiger partial charge in [-0.25, -0.2) is 4.79 Å². The van der Waals surface area contributed by atoms with Crippen LogP contribution in [0.2, 0.25) is 0 Å². The summed E-state index contributed by atoms with van der Waals surface area (Å²) < 4.78 is 6.06. The summed E-state index contributed by atoms with van der Waals surface area (Å²) in [6.45, 7) is 0.580. The maximum absolute atomic E-state index is 11.8. The molecule has 1 amide bonds. The number of nitrogens with one attached hydrogen (secondary N) is 1. The van der Waals surface area contributed by atoms with Crippen LogP contribution in [0.15, 0.2) is 18.2 Å². The molecule has 1 atom stereocenters. The molecule has 0 saturated carbocycles. The van der Waals surface area contributed by atoms with Crippen LogP contribution in [0.5, 0.6) is 0 Å². The smallest absolute Gasteiger partial charge is 0.337 e. The maximum Gasteiger partial charge on any atom is 0.337 e. The summed E-state index contributed by atoms with van der Waals surface area (Å²) in [5.41, 5.74) is 0.400. The Balaban J connectivity index is 2.17. The Kier molecular flexibility index (Phi) is 4.18. The molecule has 0 bridgehead atoms. The van der Waals surface area contributed by atoms with Crippen LogP contribution in [0.25, 0.3) is 0 Å². The fourth-order valence-corrected chi connectivity index (χ4v) is 2.29. The Hall–Kier alpha value is -1.15. The zero-order valence-corrected chi connectivity index (χ0v) is 11.6. The number of aromatic carboxylic acids is 1. The number of carboxylic acids is 1. The highest BCUT2D eigenvalue weighted by Crippen LogP contribution is 2.21. The number of carbonyl (C=O) groups is 2. The first-order chi connectivity index (χ1) is 8.58. The normalized spacial score (nSPS) is 18.6. The zero-order chi connectivity index (χ0) is 13.1. The molecule has 1 unspecified atom stereocenters. The summed E-state index contributed by atoms with van der Waals surface area (Å²) in [4.78, 5) is 22.9. The van der Waals surface area contributed by atoms with Crippen LogP contribution in [0, 0.1) is 3.57 Å². The van der Waals surface area contributed by atoms with Gasteiger partial charge in [-0.3, -0.25) is 4.79 Å². The second-order valence-corrected chi connectivity index (χ2v) is 5.23. The SMILES string of the molecule is O=C(O)c1cc(I)ccc1NC(=O)C1CCCO1. The van der Waals surface area contributed by atoms with E-state index in [0.29, 0.717) is 18.7 Å². The van der Waals surface area contributed by atoms with Gasteiger partial charge in [-0.2, -0.15) is 0 Å². The Morgan fingerprint density at radius 1 is 1.44 bits per heavy atom. The lowest BCUT2D eigenvalue weighted by atomic mass is 10.1. The quantitative estimate of drug-likeness (QED) is 0.809. The second kappa shape index (κ2) is 5.66. The first-order valence-corrected chi connectivity index (χ1v) is 6.61. The molecule has 6 heteroatoms. The number of ether oxygens (including phenoxy) is 1. The van der Waals surface area contributed by atoms with E-state index in [2.05, 4.69) is 5.32 Å². The van der Waals surface area contributed by atoms with Crippen molar-refractivity contribution < 1.29 is 19.4 Å². The third-order valence-corrected chi connectivity index (χ3v) is 3.36. The van der Waals surface area contributed by atoms with Gasteiger partial charge in [-0.1, -0.05) is 0 Å². The third kappa shape index (κ3) is 2.99. The van der Waals surface area contributed by atoms with E-state index in [1.165, 1.54) is 6.07 Å². The standard InChI is InChI=1S/C12H12INO4/c13-7-3-4-9(8(6-7)12(16)17)14-11(15)10-2-1-5-18-10/h3-4,6,10H,1-2,5H2,(H,14,15)(H,16,17). The van der Waals surface area contributed by atoms with Crippen molar-refractivity contribution in [3.8, 4) is 0 Å². The second-order valence-electron chi connectivity index (χ2n) is 3.99. The van der Waals surface area contributed by atoms with E-state index in [1.807, 2.05) is 22.6 Å². The lowest BCUT2D eigenvalue weighted by Gasteiger charge is -2.12. The van der Waals surface area contributed by atoms with E-state index in [1.54, 1.807) is 12.1 Å². The number of carboxylic acid groups (broad SMARTS) is 1. The fourth-order valence-electron chi connectivity index (χ4n) is 1.80. The number of carbonyl (C=O) groups excluding carboxylic acids is 1. The number of amides is 1. The average molecular weight is 361 g/mol. The van der Waals surface area contributed by atoms with Gasteiger partial charge in [-0.05, 0) is 53.6 Å². The van der Waals surface area contributed by atoms with Crippen LogP contribution in [0.3, 0.4) is 0 Å². The molecule has 96 valence electrons. The number of benzene rings is 1. The molecule has 5 nitrogen and oxygen atoms in total. The Bertz CT molecular complexity index is 483. The molecule has 18 heavy (non-hydrogen) atoms. The summed E-state index contributed by atoms with van der Waals surface area (Å²) in [6.07, 6.45) is 1.07. The topological polar surface area (TPSA) is 75.6 Å². The number of hydrogen-bond donors (Lipinski definition) is 2. The zero-order valence-electron chi connectivity index (χ0n) is 9.48.